The molecule has 0 aromatic carbocycles. The Bertz CT molecular complexity index is 241. The standard InChI is InChI=1S/C8H14N2O5/c1-2-15-7(13)3-4-9-8(14)10-5-6(11)12/h2-5H2,1H3,(H,11,12)(H2,9,10,14). The van der Waals surface area contributed by atoms with Crippen molar-refractivity contribution in [2.75, 3.05) is 19.7 Å². The molecule has 0 heterocycles. The lowest BCUT2D eigenvalue weighted by atomic mass is 10.4. The Morgan fingerprint density at radius 1 is 1.27 bits per heavy atom. The van der Waals surface area contributed by atoms with Gasteiger partial charge in [0.05, 0.1) is 13.0 Å². The smallest absolute Gasteiger partial charge is 0.323 e. The van der Waals surface area contributed by atoms with Gasteiger partial charge in [0.2, 0.25) is 0 Å². The van der Waals surface area contributed by atoms with Crippen LogP contribution in [0.4, 0.5) is 4.79 Å². The Kier molecular flexibility index (Phi) is 6.69. The molecule has 0 aliphatic carbocycles. The fourth-order valence-corrected chi connectivity index (χ4v) is 0.730. The number of urea groups is 1. The van der Waals surface area contributed by atoms with Gasteiger partial charge in [-0.25, -0.2) is 4.79 Å². The van der Waals surface area contributed by atoms with Crippen LogP contribution >= 0.6 is 0 Å². The Morgan fingerprint density at radius 3 is 2.47 bits per heavy atom. The molecule has 15 heavy (non-hydrogen) atoms. The van der Waals surface area contributed by atoms with E-state index in [4.69, 9.17) is 5.11 Å². The van der Waals surface area contributed by atoms with Gasteiger partial charge in [0.15, 0.2) is 0 Å². The van der Waals surface area contributed by atoms with Crippen molar-refractivity contribution in [3.63, 3.8) is 0 Å². The third kappa shape index (κ3) is 8.54. The SMILES string of the molecule is CCOC(=O)CCNC(=O)NCC(=O)O. The van der Waals surface area contributed by atoms with Crippen LogP contribution in [0.1, 0.15) is 13.3 Å². The van der Waals surface area contributed by atoms with Crippen LogP contribution in [0.25, 0.3) is 0 Å². The predicted octanol–water partition coefficient (Wildman–Crippen LogP) is -0.677. The fraction of sp³-hybridized carbons (Fsp3) is 0.625. The number of carbonyl (C=O) groups is 3. The molecule has 0 atom stereocenters. The molecule has 7 nitrogen and oxygen atoms in total. The molecule has 0 saturated heterocycles. The monoisotopic (exact) mass is 218 g/mol. The molecule has 0 spiro atoms. The molecular formula is C8H14N2O5. The first-order valence-corrected chi connectivity index (χ1v) is 4.45. The summed E-state index contributed by atoms with van der Waals surface area (Å²) in [5, 5.41) is 12.6. The molecule has 7 heteroatoms. The third-order valence-corrected chi connectivity index (χ3v) is 1.32. The number of amides is 2. The number of carboxylic acid groups (broad SMARTS) is 1. The minimum absolute atomic E-state index is 0.0638. The molecule has 0 aliphatic heterocycles. The van der Waals surface area contributed by atoms with E-state index in [9.17, 15) is 14.4 Å². The summed E-state index contributed by atoms with van der Waals surface area (Å²) in [5.74, 6) is -1.54. The maximum absolute atomic E-state index is 10.8. The van der Waals surface area contributed by atoms with E-state index in [-0.39, 0.29) is 13.0 Å². The molecule has 0 aliphatic rings. The van der Waals surface area contributed by atoms with E-state index in [0.29, 0.717) is 6.61 Å². The molecule has 0 saturated carbocycles. The molecule has 0 fully saturated rings. The number of aliphatic carboxylic acids is 1. The minimum atomic E-state index is -1.13. The zero-order valence-corrected chi connectivity index (χ0v) is 8.41. The Morgan fingerprint density at radius 2 is 1.93 bits per heavy atom. The molecule has 0 aromatic rings. The van der Waals surface area contributed by atoms with Crippen LogP contribution in [-0.4, -0.2) is 42.8 Å². The second kappa shape index (κ2) is 7.60. The molecule has 2 amide bonds. The molecule has 0 unspecified atom stereocenters. The quantitative estimate of drug-likeness (QED) is 0.512. The first kappa shape index (κ1) is 13.2. The molecule has 0 rings (SSSR count). The minimum Gasteiger partial charge on any atom is -0.480 e. The van der Waals surface area contributed by atoms with Crippen molar-refractivity contribution in [1.82, 2.24) is 10.6 Å². The van der Waals surface area contributed by atoms with Crippen molar-refractivity contribution in [2.24, 2.45) is 0 Å². The van der Waals surface area contributed by atoms with Crippen LogP contribution in [0, 0.1) is 0 Å². The zero-order chi connectivity index (χ0) is 11.7. The largest absolute Gasteiger partial charge is 0.480 e. The number of carbonyl (C=O) groups excluding carboxylic acids is 2. The summed E-state index contributed by atoms with van der Waals surface area (Å²) in [4.78, 5) is 31.7. The number of nitrogens with one attached hydrogen (secondary N) is 2. The number of rotatable bonds is 6. The summed E-state index contributed by atoms with van der Waals surface area (Å²) < 4.78 is 4.62. The van der Waals surface area contributed by atoms with Gasteiger partial charge in [-0.2, -0.15) is 0 Å². The first-order chi connectivity index (χ1) is 7.06. The maximum atomic E-state index is 10.8. The van der Waals surface area contributed by atoms with Crippen LogP contribution in [-0.2, 0) is 14.3 Å². The Hall–Kier alpha value is -1.79. The maximum Gasteiger partial charge on any atom is 0.323 e. The highest BCUT2D eigenvalue weighted by molar-refractivity contribution is 5.80. The van der Waals surface area contributed by atoms with Crippen molar-refractivity contribution in [3.8, 4) is 0 Å². The highest BCUT2D eigenvalue weighted by Gasteiger charge is 2.04. The summed E-state index contributed by atoms with van der Waals surface area (Å²) in [6, 6.07) is -0.623. The van der Waals surface area contributed by atoms with E-state index in [2.05, 4.69) is 15.4 Å². The molecule has 0 aromatic heterocycles. The average molecular weight is 218 g/mol. The van der Waals surface area contributed by atoms with E-state index in [1.165, 1.54) is 0 Å². The topological polar surface area (TPSA) is 105 Å². The second-order valence-electron chi connectivity index (χ2n) is 2.56. The van der Waals surface area contributed by atoms with Gasteiger partial charge in [0.1, 0.15) is 6.54 Å². The van der Waals surface area contributed by atoms with E-state index >= 15 is 0 Å². The van der Waals surface area contributed by atoms with Gasteiger partial charge in [-0.05, 0) is 6.92 Å². The number of ether oxygens (including phenoxy) is 1. The predicted molar refractivity (Wildman–Crippen MR) is 50.3 cm³/mol. The van der Waals surface area contributed by atoms with Crippen molar-refractivity contribution in [2.45, 2.75) is 13.3 Å². The van der Waals surface area contributed by atoms with Crippen molar-refractivity contribution >= 4 is 18.0 Å². The zero-order valence-electron chi connectivity index (χ0n) is 8.41. The van der Waals surface area contributed by atoms with E-state index in [1.54, 1.807) is 6.92 Å². The van der Waals surface area contributed by atoms with E-state index in [0.717, 1.165) is 0 Å². The molecule has 0 bridgehead atoms. The molecule has 0 radical (unpaired) electrons. The van der Waals surface area contributed by atoms with Crippen LogP contribution < -0.4 is 10.6 Å². The molecular weight excluding hydrogens is 204 g/mol. The molecule has 86 valence electrons. The number of hydrogen-bond acceptors (Lipinski definition) is 4. The van der Waals surface area contributed by atoms with E-state index in [1.807, 2.05) is 0 Å². The average Bonchev–Trinajstić information content (AvgIpc) is 2.15. The lowest BCUT2D eigenvalue weighted by molar-refractivity contribution is -0.143. The van der Waals surface area contributed by atoms with Crippen molar-refractivity contribution < 1.29 is 24.2 Å². The normalized spacial score (nSPS) is 9.13. The number of hydrogen-bond donors (Lipinski definition) is 3. The summed E-state index contributed by atoms with van der Waals surface area (Å²) >= 11 is 0. The molecule has 3 N–H and O–H groups in total. The van der Waals surface area contributed by atoms with Gasteiger partial charge in [-0.1, -0.05) is 0 Å². The van der Waals surface area contributed by atoms with Crippen LogP contribution in [0.5, 0.6) is 0 Å². The van der Waals surface area contributed by atoms with Crippen molar-refractivity contribution in [3.05, 3.63) is 0 Å². The van der Waals surface area contributed by atoms with Gasteiger partial charge in [0, 0.05) is 6.54 Å². The summed E-state index contributed by atoms with van der Waals surface area (Å²) in [7, 11) is 0. The Balaban J connectivity index is 3.46. The van der Waals surface area contributed by atoms with Crippen molar-refractivity contribution in [1.29, 1.82) is 0 Å². The first-order valence-electron chi connectivity index (χ1n) is 4.45. The second-order valence-corrected chi connectivity index (χ2v) is 2.56. The highest BCUT2D eigenvalue weighted by Crippen LogP contribution is 1.83. The van der Waals surface area contributed by atoms with Crippen LogP contribution in [0.3, 0.4) is 0 Å². The summed E-state index contributed by atoms with van der Waals surface area (Å²) in [6.45, 7) is 1.64. The van der Waals surface area contributed by atoms with Gasteiger partial charge >= 0.3 is 18.0 Å². The van der Waals surface area contributed by atoms with Gasteiger partial charge in [-0.15, -0.1) is 0 Å². The van der Waals surface area contributed by atoms with Gasteiger partial charge in [0.25, 0.3) is 0 Å². The number of carboxylic acids is 1. The summed E-state index contributed by atoms with van der Waals surface area (Å²) in [5.41, 5.74) is 0. The highest BCUT2D eigenvalue weighted by atomic mass is 16.5. The Labute approximate surface area is 86.8 Å². The van der Waals surface area contributed by atoms with Crippen LogP contribution in [0.2, 0.25) is 0 Å². The van der Waals surface area contributed by atoms with Gasteiger partial charge in [-0.3, -0.25) is 9.59 Å². The summed E-state index contributed by atoms with van der Waals surface area (Å²) in [6.07, 6.45) is 0.0638. The lowest BCUT2D eigenvalue weighted by Gasteiger charge is -2.05. The fourth-order valence-electron chi connectivity index (χ4n) is 0.730. The third-order valence-electron chi connectivity index (χ3n) is 1.32. The van der Waals surface area contributed by atoms with E-state index < -0.39 is 24.5 Å². The van der Waals surface area contributed by atoms with Gasteiger partial charge < -0.3 is 20.5 Å². The number of esters is 1. The lowest BCUT2D eigenvalue weighted by Crippen LogP contribution is -2.39. The van der Waals surface area contributed by atoms with Crippen LogP contribution in [0.15, 0.2) is 0 Å².